The first kappa shape index (κ1) is 13.3. The fraction of sp³-hybridized carbons (Fsp3) is 0.333. The van der Waals surface area contributed by atoms with E-state index in [0.29, 0.717) is 6.54 Å². The molecule has 0 aliphatic carbocycles. The molecular formula is C15H19N3O. The van der Waals surface area contributed by atoms with Gasteiger partial charge in [0.25, 0.3) is 5.91 Å². The number of nitrogens with zero attached hydrogens (tertiary/aromatic N) is 1. The minimum Gasteiger partial charge on any atom is -0.346 e. The largest absolute Gasteiger partial charge is 0.346 e. The average Bonchev–Trinajstić information content (AvgIpc) is 2.88. The van der Waals surface area contributed by atoms with Crippen LogP contribution in [0.4, 0.5) is 0 Å². The van der Waals surface area contributed by atoms with E-state index in [1.807, 2.05) is 30.3 Å². The van der Waals surface area contributed by atoms with Crippen LogP contribution < -0.4 is 5.32 Å². The van der Waals surface area contributed by atoms with Crippen molar-refractivity contribution in [3.05, 3.63) is 53.3 Å². The zero-order valence-electron chi connectivity index (χ0n) is 11.5. The van der Waals surface area contributed by atoms with Gasteiger partial charge in [0.15, 0.2) is 0 Å². The van der Waals surface area contributed by atoms with Crippen molar-refractivity contribution in [2.75, 3.05) is 0 Å². The lowest BCUT2D eigenvalue weighted by atomic mass is 9.83. The molecule has 2 aromatic rings. The van der Waals surface area contributed by atoms with Gasteiger partial charge in [0.05, 0.1) is 12.2 Å². The van der Waals surface area contributed by atoms with Crippen molar-refractivity contribution >= 4 is 5.91 Å². The number of H-pyrrole nitrogens is 1. The summed E-state index contributed by atoms with van der Waals surface area (Å²) in [6, 6.07) is 9.57. The second-order valence-electron chi connectivity index (χ2n) is 5.56. The summed E-state index contributed by atoms with van der Waals surface area (Å²) in [5.41, 5.74) is 2.62. The first-order valence-corrected chi connectivity index (χ1v) is 6.34. The summed E-state index contributed by atoms with van der Waals surface area (Å²) < 4.78 is 0. The zero-order chi connectivity index (χ0) is 13.9. The molecule has 1 aromatic carbocycles. The van der Waals surface area contributed by atoms with E-state index in [1.165, 1.54) is 0 Å². The summed E-state index contributed by atoms with van der Waals surface area (Å²) in [6.07, 6.45) is 1.67. The molecule has 0 bridgehead atoms. The van der Waals surface area contributed by atoms with Gasteiger partial charge in [0.1, 0.15) is 0 Å². The molecule has 2 N–H and O–H groups in total. The van der Waals surface area contributed by atoms with Crippen LogP contribution in [0.25, 0.3) is 0 Å². The van der Waals surface area contributed by atoms with Crippen LogP contribution >= 0.6 is 0 Å². The molecule has 1 amide bonds. The van der Waals surface area contributed by atoms with Gasteiger partial charge in [0, 0.05) is 11.8 Å². The topological polar surface area (TPSA) is 57.8 Å². The number of hydrogen-bond donors (Lipinski definition) is 2. The molecule has 4 nitrogen and oxygen atoms in total. The molecule has 100 valence electrons. The quantitative estimate of drug-likeness (QED) is 0.888. The van der Waals surface area contributed by atoms with E-state index < -0.39 is 0 Å². The highest BCUT2D eigenvalue weighted by Gasteiger charge is 2.20. The average molecular weight is 257 g/mol. The molecule has 4 heteroatoms. The number of nitrogens with one attached hydrogen (secondary N) is 2. The molecule has 1 heterocycles. The summed E-state index contributed by atoms with van der Waals surface area (Å²) >= 11 is 0. The fourth-order valence-electron chi connectivity index (χ4n) is 1.99. The van der Waals surface area contributed by atoms with E-state index in [9.17, 15) is 4.79 Å². The first-order valence-electron chi connectivity index (χ1n) is 6.34. The van der Waals surface area contributed by atoms with Crippen molar-refractivity contribution in [2.24, 2.45) is 0 Å². The Balaban J connectivity index is 2.15. The van der Waals surface area contributed by atoms with Crippen molar-refractivity contribution in [1.29, 1.82) is 0 Å². The molecule has 2 rings (SSSR count). The number of aromatic amines is 1. The molecule has 0 fully saturated rings. The van der Waals surface area contributed by atoms with Gasteiger partial charge in [-0.25, -0.2) is 0 Å². The molecule has 0 saturated heterocycles. The molecule has 0 aliphatic rings. The lowest BCUT2D eigenvalue weighted by Gasteiger charge is -2.22. The minimum absolute atomic E-state index is 0.0537. The molecule has 0 radical (unpaired) electrons. The van der Waals surface area contributed by atoms with Gasteiger partial charge < -0.3 is 5.32 Å². The Hall–Kier alpha value is -2.10. The number of rotatable bonds is 3. The Bertz CT molecular complexity index is 553. The maximum absolute atomic E-state index is 12.3. The zero-order valence-corrected chi connectivity index (χ0v) is 11.5. The molecule has 0 atom stereocenters. The predicted octanol–water partition coefficient (Wildman–Crippen LogP) is 2.64. The van der Waals surface area contributed by atoms with Gasteiger partial charge in [0.2, 0.25) is 0 Å². The number of carbonyl (C=O) groups is 1. The summed E-state index contributed by atoms with van der Waals surface area (Å²) in [7, 11) is 0. The smallest absolute Gasteiger partial charge is 0.251 e. The van der Waals surface area contributed by atoms with E-state index >= 15 is 0 Å². The van der Waals surface area contributed by atoms with Crippen LogP contribution in [0.1, 0.15) is 42.4 Å². The van der Waals surface area contributed by atoms with Crippen LogP contribution in [0.2, 0.25) is 0 Å². The predicted molar refractivity (Wildman–Crippen MR) is 74.9 cm³/mol. The van der Waals surface area contributed by atoms with Gasteiger partial charge in [-0.1, -0.05) is 39.0 Å². The van der Waals surface area contributed by atoms with E-state index in [1.54, 1.807) is 6.20 Å². The lowest BCUT2D eigenvalue weighted by Crippen LogP contribution is -2.26. The standard InChI is InChI=1S/C15H19N3O/c1-15(2,3)13-7-5-4-6-12(13)14(19)16-10-11-8-9-17-18-11/h4-9H,10H2,1-3H3,(H,16,19)(H,17,18). The molecule has 0 saturated carbocycles. The monoisotopic (exact) mass is 257 g/mol. The Labute approximate surface area is 113 Å². The van der Waals surface area contributed by atoms with Crippen molar-refractivity contribution in [3.8, 4) is 0 Å². The Morgan fingerprint density at radius 1 is 1.26 bits per heavy atom. The van der Waals surface area contributed by atoms with E-state index in [0.717, 1.165) is 16.8 Å². The first-order chi connectivity index (χ1) is 8.98. The van der Waals surface area contributed by atoms with E-state index in [-0.39, 0.29) is 11.3 Å². The number of hydrogen-bond acceptors (Lipinski definition) is 2. The molecule has 1 aromatic heterocycles. The van der Waals surface area contributed by atoms with Crippen LogP contribution in [0.5, 0.6) is 0 Å². The number of carbonyl (C=O) groups excluding carboxylic acids is 1. The normalized spacial score (nSPS) is 11.3. The summed E-state index contributed by atoms with van der Waals surface area (Å²) in [6.45, 7) is 6.77. The highest BCUT2D eigenvalue weighted by Crippen LogP contribution is 2.25. The summed E-state index contributed by atoms with van der Waals surface area (Å²) in [5.74, 6) is -0.0554. The number of benzene rings is 1. The van der Waals surface area contributed by atoms with Crippen LogP contribution in [-0.4, -0.2) is 16.1 Å². The Morgan fingerprint density at radius 3 is 2.63 bits per heavy atom. The van der Waals surface area contributed by atoms with Crippen molar-refractivity contribution in [3.63, 3.8) is 0 Å². The van der Waals surface area contributed by atoms with Gasteiger partial charge in [-0.3, -0.25) is 9.89 Å². The summed E-state index contributed by atoms with van der Waals surface area (Å²) in [5, 5.41) is 9.58. The van der Waals surface area contributed by atoms with Gasteiger partial charge in [-0.2, -0.15) is 5.10 Å². The maximum atomic E-state index is 12.3. The Morgan fingerprint density at radius 2 is 2.00 bits per heavy atom. The number of aromatic nitrogens is 2. The van der Waals surface area contributed by atoms with Crippen LogP contribution in [0, 0.1) is 0 Å². The molecule has 0 spiro atoms. The third kappa shape index (κ3) is 3.22. The lowest BCUT2D eigenvalue weighted by molar-refractivity contribution is 0.0948. The second kappa shape index (κ2) is 5.26. The van der Waals surface area contributed by atoms with Crippen molar-refractivity contribution in [1.82, 2.24) is 15.5 Å². The minimum atomic E-state index is -0.0554. The summed E-state index contributed by atoms with van der Waals surface area (Å²) in [4.78, 5) is 12.3. The maximum Gasteiger partial charge on any atom is 0.251 e. The van der Waals surface area contributed by atoms with E-state index in [4.69, 9.17) is 0 Å². The molecule has 0 aliphatic heterocycles. The molecule has 19 heavy (non-hydrogen) atoms. The molecule has 0 unspecified atom stereocenters. The SMILES string of the molecule is CC(C)(C)c1ccccc1C(=O)NCc1ccn[nH]1. The van der Waals surface area contributed by atoms with E-state index in [2.05, 4.69) is 36.3 Å². The third-order valence-electron chi connectivity index (χ3n) is 2.98. The third-order valence-corrected chi connectivity index (χ3v) is 2.98. The highest BCUT2D eigenvalue weighted by molar-refractivity contribution is 5.96. The molecular weight excluding hydrogens is 238 g/mol. The fourth-order valence-corrected chi connectivity index (χ4v) is 1.99. The van der Waals surface area contributed by atoms with Gasteiger partial charge >= 0.3 is 0 Å². The number of amides is 1. The van der Waals surface area contributed by atoms with Crippen LogP contribution in [0.3, 0.4) is 0 Å². The van der Waals surface area contributed by atoms with Crippen molar-refractivity contribution in [2.45, 2.75) is 32.7 Å². The van der Waals surface area contributed by atoms with Crippen molar-refractivity contribution < 1.29 is 4.79 Å². The second-order valence-corrected chi connectivity index (χ2v) is 5.56. The Kier molecular flexibility index (Phi) is 3.69. The van der Waals surface area contributed by atoms with Gasteiger partial charge in [-0.15, -0.1) is 0 Å². The van der Waals surface area contributed by atoms with Crippen LogP contribution in [0.15, 0.2) is 36.5 Å². The van der Waals surface area contributed by atoms with Gasteiger partial charge in [-0.05, 0) is 23.1 Å². The van der Waals surface area contributed by atoms with Crippen LogP contribution in [-0.2, 0) is 12.0 Å². The highest BCUT2D eigenvalue weighted by atomic mass is 16.1.